The first kappa shape index (κ1) is 14.1. The summed E-state index contributed by atoms with van der Waals surface area (Å²) in [5.74, 6) is 0.110. The molecule has 94 valence electrons. The number of rotatable bonds is 4. The number of carbonyl (C=O) groups is 1. The third kappa shape index (κ3) is 4.43. The van der Waals surface area contributed by atoms with E-state index in [0.29, 0.717) is 6.54 Å². The molecule has 0 bridgehead atoms. The molecule has 0 aromatic heterocycles. The van der Waals surface area contributed by atoms with E-state index in [0.717, 1.165) is 6.42 Å². The lowest BCUT2D eigenvalue weighted by atomic mass is 9.95. The molecule has 0 aliphatic carbocycles. The molecule has 0 unspecified atom stereocenters. The van der Waals surface area contributed by atoms with Gasteiger partial charge in [0.2, 0.25) is 5.91 Å². The summed E-state index contributed by atoms with van der Waals surface area (Å²) in [5, 5.41) is 2.97. The maximum Gasteiger partial charge on any atom is 0.225 e. The van der Waals surface area contributed by atoms with Crippen LogP contribution >= 0.6 is 11.8 Å². The monoisotopic (exact) mass is 251 g/mol. The van der Waals surface area contributed by atoms with E-state index in [2.05, 4.69) is 23.7 Å². The molecule has 3 heteroatoms. The number of amides is 1. The van der Waals surface area contributed by atoms with Crippen molar-refractivity contribution < 1.29 is 4.79 Å². The predicted octanol–water partition coefficient (Wildman–Crippen LogP) is 3.11. The van der Waals surface area contributed by atoms with Crippen LogP contribution in [0.3, 0.4) is 0 Å². The summed E-state index contributed by atoms with van der Waals surface area (Å²) in [5.41, 5.74) is 0.994. The largest absolute Gasteiger partial charge is 0.355 e. The van der Waals surface area contributed by atoms with Crippen molar-refractivity contribution in [1.29, 1.82) is 0 Å². The molecule has 1 N–H and O–H groups in total. The van der Waals surface area contributed by atoms with E-state index in [1.54, 1.807) is 11.8 Å². The summed E-state index contributed by atoms with van der Waals surface area (Å²) in [6.45, 7) is 6.49. The van der Waals surface area contributed by atoms with Crippen molar-refractivity contribution in [2.75, 3.05) is 12.8 Å². The second kappa shape index (κ2) is 6.10. The van der Waals surface area contributed by atoms with Crippen molar-refractivity contribution in [1.82, 2.24) is 5.32 Å². The molecule has 1 aromatic rings. The van der Waals surface area contributed by atoms with Crippen LogP contribution in [0.25, 0.3) is 0 Å². The summed E-state index contributed by atoms with van der Waals surface area (Å²) in [6, 6.07) is 8.32. The number of benzene rings is 1. The fraction of sp³-hybridized carbons (Fsp3) is 0.500. The Morgan fingerprint density at radius 2 is 1.94 bits per heavy atom. The predicted molar refractivity (Wildman–Crippen MR) is 74.4 cm³/mol. The third-order valence-electron chi connectivity index (χ3n) is 2.55. The molecule has 0 heterocycles. The van der Waals surface area contributed by atoms with E-state index < -0.39 is 0 Å². The highest BCUT2D eigenvalue weighted by Crippen LogP contribution is 2.20. The normalized spacial score (nSPS) is 11.3. The zero-order valence-electron chi connectivity index (χ0n) is 11.0. The first-order valence-electron chi connectivity index (χ1n) is 5.85. The van der Waals surface area contributed by atoms with Crippen molar-refractivity contribution >= 4 is 17.7 Å². The van der Waals surface area contributed by atoms with Gasteiger partial charge in [-0.2, -0.15) is 0 Å². The number of nitrogens with one attached hydrogen (secondary N) is 1. The van der Waals surface area contributed by atoms with Gasteiger partial charge in [0, 0.05) is 16.9 Å². The zero-order valence-corrected chi connectivity index (χ0v) is 11.9. The number of carbonyl (C=O) groups excluding carboxylic acids is 1. The van der Waals surface area contributed by atoms with E-state index >= 15 is 0 Å². The van der Waals surface area contributed by atoms with Crippen molar-refractivity contribution in [3.63, 3.8) is 0 Å². The van der Waals surface area contributed by atoms with Crippen LogP contribution in [-0.4, -0.2) is 18.7 Å². The topological polar surface area (TPSA) is 29.1 Å². The standard InChI is InChI=1S/C14H21NOS/c1-14(2,3)13(16)15-10-9-11-7-5-6-8-12(11)17-4/h5-8H,9-10H2,1-4H3,(H,15,16). The summed E-state index contributed by atoms with van der Waals surface area (Å²) >= 11 is 1.75. The Labute approximate surface area is 108 Å². The van der Waals surface area contributed by atoms with Gasteiger partial charge in [0.1, 0.15) is 0 Å². The van der Waals surface area contributed by atoms with Crippen molar-refractivity contribution in [3.05, 3.63) is 29.8 Å². The van der Waals surface area contributed by atoms with Gasteiger partial charge in [-0.25, -0.2) is 0 Å². The smallest absolute Gasteiger partial charge is 0.225 e. The van der Waals surface area contributed by atoms with Crippen molar-refractivity contribution in [3.8, 4) is 0 Å². The third-order valence-corrected chi connectivity index (χ3v) is 3.39. The fourth-order valence-corrected chi connectivity index (χ4v) is 2.13. The van der Waals surface area contributed by atoms with Gasteiger partial charge >= 0.3 is 0 Å². The summed E-state index contributed by atoms with van der Waals surface area (Å²) in [7, 11) is 0. The molecule has 0 saturated heterocycles. The molecule has 0 fully saturated rings. The molecular weight excluding hydrogens is 230 g/mol. The van der Waals surface area contributed by atoms with E-state index in [-0.39, 0.29) is 11.3 Å². The van der Waals surface area contributed by atoms with E-state index in [9.17, 15) is 4.79 Å². The van der Waals surface area contributed by atoms with Crippen LogP contribution in [0.1, 0.15) is 26.3 Å². The van der Waals surface area contributed by atoms with Gasteiger partial charge in [0.05, 0.1) is 0 Å². The van der Waals surface area contributed by atoms with Gasteiger partial charge < -0.3 is 5.32 Å². The molecular formula is C14H21NOS. The SMILES string of the molecule is CSc1ccccc1CCNC(=O)C(C)(C)C. The molecule has 0 atom stereocenters. The molecule has 1 rings (SSSR count). The molecule has 0 saturated carbocycles. The second-order valence-electron chi connectivity index (χ2n) is 5.07. The first-order valence-corrected chi connectivity index (χ1v) is 7.08. The van der Waals surface area contributed by atoms with E-state index in [1.807, 2.05) is 32.9 Å². The lowest BCUT2D eigenvalue weighted by Crippen LogP contribution is -2.35. The van der Waals surface area contributed by atoms with Crippen LogP contribution in [0.5, 0.6) is 0 Å². The maximum atomic E-state index is 11.7. The molecule has 1 amide bonds. The molecule has 1 aromatic carbocycles. The summed E-state index contributed by atoms with van der Waals surface area (Å²) < 4.78 is 0. The Bertz CT molecular complexity index is 382. The molecule has 0 aliphatic heterocycles. The number of hydrogen-bond acceptors (Lipinski definition) is 2. The summed E-state index contributed by atoms with van der Waals surface area (Å²) in [4.78, 5) is 13.0. The lowest BCUT2D eigenvalue weighted by molar-refractivity contribution is -0.128. The second-order valence-corrected chi connectivity index (χ2v) is 5.92. The zero-order chi connectivity index (χ0) is 12.9. The Hall–Kier alpha value is -0.960. The van der Waals surface area contributed by atoms with Crippen LogP contribution in [0.15, 0.2) is 29.2 Å². The average molecular weight is 251 g/mol. The quantitative estimate of drug-likeness (QED) is 0.833. The number of thioether (sulfide) groups is 1. The van der Waals surface area contributed by atoms with Crippen molar-refractivity contribution in [2.24, 2.45) is 5.41 Å². The average Bonchev–Trinajstić information content (AvgIpc) is 2.28. The van der Waals surface area contributed by atoms with Crippen LogP contribution < -0.4 is 5.32 Å². The Morgan fingerprint density at radius 3 is 2.53 bits per heavy atom. The Kier molecular flexibility index (Phi) is 5.06. The van der Waals surface area contributed by atoms with E-state index in [1.165, 1.54) is 10.5 Å². The summed E-state index contributed by atoms with van der Waals surface area (Å²) in [6.07, 6.45) is 2.96. The van der Waals surface area contributed by atoms with Gasteiger partial charge in [-0.15, -0.1) is 11.8 Å². The number of hydrogen-bond donors (Lipinski definition) is 1. The molecule has 0 radical (unpaired) electrons. The van der Waals surface area contributed by atoms with Crippen LogP contribution in [0.2, 0.25) is 0 Å². The first-order chi connectivity index (χ1) is 7.95. The minimum Gasteiger partial charge on any atom is -0.355 e. The van der Waals surface area contributed by atoms with Gasteiger partial charge in [-0.3, -0.25) is 4.79 Å². The van der Waals surface area contributed by atoms with Gasteiger partial charge in [0.15, 0.2) is 0 Å². The Morgan fingerprint density at radius 1 is 1.29 bits per heavy atom. The fourth-order valence-electron chi connectivity index (χ4n) is 1.49. The highest BCUT2D eigenvalue weighted by atomic mass is 32.2. The van der Waals surface area contributed by atoms with Gasteiger partial charge in [-0.1, -0.05) is 39.0 Å². The van der Waals surface area contributed by atoms with Gasteiger partial charge in [-0.05, 0) is 24.3 Å². The molecule has 17 heavy (non-hydrogen) atoms. The maximum absolute atomic E-state index is 11.7. The molecule has 0 spiro atoms. The van der Waals surface area contributed by atoms with Crippen LogP contribution in [0.4, 0.5) is 0 Å². The minimum absolute atomic E-state index is 0.110. The van der Waals surface area contributed by atoms with Gasteiger partial charge in [0.25, 0.3) is 0 Å². The highest BCUT2D eigenvalue weighted by molar-refractivity contribution is 7.98. The highest BCUT2D eigenvalue weighted by Gasteiger charge is 2.20. The van der Waals surface area contributed by atoms with Crippen LogP contribution in [-0.2, 0) is 11.2 Å². The van der Waals surface area contributed by atoms with Crippen LogP contribution in [0, 0.1) is 5.41 Å². The minimum atomic E-state index is -0.307. The van der Waals surface area contributed by atoms with E-state index in [4.69, 9.17) is 0 Å². The molecule has 2 nitrogen and oxygen atoms in total. The Balaban J connectivity index is 2.49. The lowest BCUT2D eigenvalue weighted by Gasteiger charge is -2.17. The van der Waals surface area contributed by atoms with Crippen molar-refractivity contribution in [2.45, 2.75) is 32.1 Å². The molecule has 0 aliphatic rings.